The predicted octanol–water partition coefficient (Wildman–Crippen LogP) is 3.08. The third-order valence-corrected chi connectivity index (χ3v) is 6.60. The van der Waals surface area contributed by atoms with Crippen molar-refractivity contribution < 1.29 is 5.11 Å². The minimum atomic E-state index is 0.411. The molecule has 0 aliphatic heterocycles. The van der Waals surface area contributed by atoms with E-state index in [0.717, 1.165) is 47.8 Å². The SMILES string of the molecule is OCCCC1CC2CC1C1C3CCC(C3)C21. The first kappa shape index (κ1) is 9.94. The molecule has 0 amide bonds. The Morgan fingerprint density at radius 2 is 1.69 bits per heavy atom. The third-order valence-electron chi connectivity index (χ3n) is 6.60. The molecule has 0 heterocycles. The van der Waals surface area contributed by atoms with E-state index in [1.165, 1.54) is 12.8 Å². The maximum atomic E-state index is 8.99. The molecule has 4 saturated carbocycles. The molecule has 0 aromatic rings. The van der Waals surface area contributed by atoms with Gasteiger partial charge in [-0.2, -0.15) is 0 Å². The smallest absolute Gasteiger partial charge is 0.0431 e. The summed E-state index contributed by atoms with van der Waals surface area (Å²) in [5.74, 6) is 7.75. The molecule has 1 heteroatoms. The van der Waals surface area contributed by atoms with Crippen LogP contribution in [0, 0.1) is 41.4 Å². The number of hydrogen-bond donors (Lipinski definition) is 1. The summed E-state index contributed by atoms with van der Waals surface area (Å²) in [6.45, 7) is 0.411. The normalized spacial score (nSPS) is 57.2. The quantitative estimate of drug-likeness (QED) is 0.725. The van der Waals surface area contributed by atoms with Gasteiger partial charge in [-0.3, -0.25) is 0 Å². The lowest BCUT2D eigenvalue weighted by molar-refractivity contribution is 0.0970. The van der Waals surface area contributed by atoms with Crippen molar-refractivity contribution in [3.8, 4) is 0 Å². The average molecular weight is 220 g/mol. The Morgan fingerprint density at radius 1 is 0.875 bits per heavy atom. The van der Waals surface area contributed by atoms with Crippen LogP contribution in [0.15, 0.2) is 0 Å². The van der Waals surface area contributed by atoms with Crippen molar-refractivity contribution in [2.24, 2.45) is 41.4 Å². The minimum Gasteiger partial charge on any atom is -0.396 e. The van der Waals surface area contributed by atoms with Crippen molar-refractivity contribution in [1.29, 1.82) is 0 Å². The number of aliphatic hydroxyl groups excluding tert-OH is 1. The number of aliphatic hydroxyl groups is 1. The fourth-order valence-electron chi connectivity index (χ4n) is 6.39. The van der Waals surface area contributed by atoms with E-state index in [1.54, 1.807) is 25.7 Å². The molecule has 4 aliphatic rings. The van der Waals surface area contributed by atoms with Gasteiger partial charge in [-0.05, 0) is 86.4 Å². The van der Waals surface area contributed by atoms with Gasteiger partial charge in [0.1, 0.15) is 0 Å². The summed E-state index contributed by atoms with van der Waals surface area (Å²) in [4.78, 5) is 0. The second-order valence-electron chi connectivity index (χ2n) is 7.01. The molecular formula is C15H24O. The second kappa shape index (κ2) is 3.48. The van der Waals surface area contributed by atoms with E-state index in [4.69, 9.17) is 5.11 Å². The highest BCUT2D eigenvalue weighted by Gasteiger charge is 2.61. The zero-order valence-electron chi connectivity index (χ0n) is 10.1. The van der Waals surface area contributed by atoms with Crippen molar-refractivity contribution in [2.75, 3.05) is 6.61 Å². The topological polar surface area (TPSA) is 20.2 Å². The van der Waals surface area contributed by atoms with Gasteiger partial charge in [0, 0.05) is 6.61 Å². The van der Waals surface area contributed by atoms with E-state index < -0.39 is 0 Å². The molecule has 0 saturated heterocycles. The Labute approximate surface area is 98.6 Å². The molecular weight excluding hydrogens is 196 g/mol. The van der Waals surface area contributed by atoms with Crippen LogP contribution in [0.25, 0.3) is 0 Å². The van der Waals surface area contributed by atoms with Crippen LogP contribution < -0.4 is 0 Å². The number of fused-ring (bicyclic) bond motifs is 9. The molecule has 4 fully saturated rings. The molecule has 16 heavy (non-hydrogen) atoms. The summed E-state index contributed by atoms with van der Waals surface area (Å²) in [5.41, 5.74) is 0. The first-order valence-electron chi connectivity index (χ1n) is 7.49. The van der Waals surface area contributed by atoms with Gasteiger partial charge in [-0.15, -0.1) is 0 Å². The van der Waals surface area contributed by atoms with Crippen molar-refractivity contribution in [3.63, 3.8) is 0 Å². The Morgan fingerprint density at radius 3 is 2.50 bits per heavy atom. The van der Waals surface area contributed by atoms with E-state index in [9.17, 15) is 0 Å². The maximum Gasteiger partial charge on any atom is 0.0431 e. The molecule has 7 atom stereocenters. The first-order chi connectivity index (χ1) is 7.88. The van der Waals surface area contributed by atoms with E-state index in [0.29, 0.717) is 6.61 Å². The molecule has 0 aromatic carbocycles. The van der Waals surface area contributed by atoms with Crippen LogP contribution in [-0.4, -0.2) is 11.7 Å². The Balaban J connectivity index is 1.52. The van der Waals surface area contributed by atoms with Gasteiger partial charge in [0.15, 0.2) is 0 Å². The maximum absolute atomic E-state index is 8.99. The van der Waals surface area contributed by atoms with E-state index in [-0.39, 0.29) is 0 Å². The largest absolute Gasteiger partial charge is 0.396 e. The molecule has 4 aliphatic carbocycles. The third kappa shape index (κ3) is 1.16. The summed E-state index contributed by atoms with van der Waals surface area (Å²) >= 11 is 0. The lowest BCUT2D eigenvalue weighted by atomic mass is 9.67. The fourth-order valence-corrected chi connectivity index (χ4v) is 6.39. The van der Waals surface area contributed by atoms with Crippen molar-refractivity contribution in [2.45, 2.75) is 44.9 Å². The van der Waals surface area contributed by atoms with E-state index in [1.807, 2.05) is 0 Å². The highest BCUT2D eigenvalue weighted by Crippen LogP contribution is 2.69. The van der Waals surface area contributed by atoms with Gasteiger partial charge < -0.3 is 5.11 Å². The molecule has 0 radical (unpaired) electrons. The standard InChI is InChI=1S/C15H24O/c16-5-1-2-9-6-12-8-13(9)15-11-4-3-10(7-11)14(12)15/h9-16H,1-8H2. The molecule has 1 nitrogen and oxygen atoms in total. The Kier molecular flexibility index (Phi) is 2.16. The van der Waals surface area contributed by atoms with Crippen LogP contribution in [0.3, 0.4) is 0 Å². The lowest BCUT2D eigenvalue weighted by Crippen LogP contribution is -2.32. The molecule has 4 bridgehead atoms. The molecule has 4 rings (SSSR count). The molecule has 90 valence electrons. The second-order valence-corrected chi connectivity index (χ2v) is 7.01. The van der Waals surface area contributed by atoms with E-state index in [2.05, 4.69) is 0 Å². The van der Waals surface area contributed by atoms with Crippen molar-refractivity contribution in [1.82, 2.24) is 0 Å². The number of hydrogen-bond acceptors (Lipinski definition) is 1. The van der Waals surface area contributed by atoms with Crippen molar-refractivity contribution in [3.05, 3.63) is 0 Å². The van der Waals surface area contributed by atoms with Crippen molar-refractivity contribution >= 4 is 0 Å². The van der Waals surface area contributed by atoms with Gasteiger partial charge in [-0.25, -0.2) is 0 Å². The predicted molar refractivity (Wildman–Crippen MR) is 63.8 cm³/mol. The summed E-state index contributed by atoms with van der Waals surface area (Å²) in [5, 5.41) is 8.99. The summed E-state index contributed by atoms with van der Waals surface area (Å²) in [7, 11) is 0. The average Bonchev–Trinajstić information content (AvgIpc) is 3.02. The van der Waals surface area contributed by atoms with Gasteiger partial charge in [-0.1, -0.05) is 0 Å². The minimum absolute atomic E-state index is 0.411. The highest BCUT2D eigenvalue weighted by atomic mass is 16.2. The van der Waals surface area contributed by atoms with E-state index >= 15 is 0 Å². The fraction of sp³-hybridized carbons (Fsp3) is 1.00. The van der Waals surface area contributed by atoms with Gasteiger partial charge in [0.05, 0.1) is 0 Å². The molecule has 7 unspecified atom stereocenters. The van der Waals surface area contributed by atoms with Crippen LogP contribution in [0.4, 0.5) is 0 Å². The van der Waals surface area contributed by atoms with Crippen LogP contribution in [0.2, 0.25) is 0 Å². The van der Waals surface area contributed by atoms with Gasteiger partial charge >= 0.3 is 0 Å². The van der Waals surface area contributed by atoms with Crippen LogP contribution >= 0.6 is 0 Å². The summed E-state index contributed by atoms with van der Waals surface area (Å²) in [6, 6.07) is 0. The Hall–Kier alpha value is -0.0400. The Bertz CT molecular complexity index is 287. The number of rotatable bonds is 3. The molecule has 0 aromatic heterocycles. The first-order valence-corrected chi connectivity index (χ1v) is 7.49. The molecule has 0 spiro atoms. The zero-order valence-corrected chi connectivity index (χ0v) is 10.1. The lowest BCUT2D eigenvalue weighted by Gasteiger charge is -2.38. The van der Waals surface area contributed by atoms with Gasteiger partial charge in [0.2, 0.25) is 0 Å². The monoisotopic (exact) mass is 220 g/mol. The molecule has 1 N–H and O–H groups in total. The highest BCUT2D eigenvalue weighted by molar-refractivity contribution is 5.10. The zero-order chi connectivity index (χ0) is 10.7. The summed E-state index contributed by atoms with van der Waals surface area (Å²) < 4.78 is 0. The van der Waals surface area contributed by atoms with Crippen LogP contribution in [-0.2, 0) is 0 Å². The van der Waals surface area contributed by atoms with Crippen LogP contribution in [0.5, 0.6) is 0 Å². The van der Waals surface area contributed by atoms with Gasteiger partial charge in [0.25, 0.3) is 0 Å². The van der Waals surface area contributed by atoms with Crippen LogP contribution in [0.1, 0.15) is 44.9 Å². The summed E-state index contributed by atoms with van der Waals surface area (Å²) in [6.07, 6.45) is 10.2.